The molecule has 16 heavy (non-hydrogen) atoms. The van der Waals surface area contributed by atoms with E-state index in [4.69, 9.17) is 17.3 Å². The third-order valence-corrected chi connectivity index (χ3v) is 3.12. The molecule has 4 heteroatoms. The van der Waals surface area contributed by atoms with Crippen molar-refractivity contribution >= 4 is 22.6 Å². The van der Waals surface area contributed by atoms with E-state index >= 15 is 0 Å². The van der Waals surface area contributed by atoms with Crippen LogP contribution in [0.5, 0.6) is 0 Å². The van der Waals surface area contributed by atoms with Gasteiger partial charge in [0.05, 0.1) is 11.0 Å². The van der Waals surface area contributed by atoms with Crippen molar-refractivity contribution in [1.82, 2.24) is 9.97 Å². The van der Waals surface area contributed by atoms with E-state index in [0.717, 1.165) is 34.7 Å². The number of benzene rings is 1. The lowest BCUT2D eigenvalue weighted by Crippen LogP contribution is -2.16. The number of hydrogen-bond acceptors (Lipinski definition) is 2. The van der Waals surface area contributed by atoms with Crippen molar-refractivity contribution in [2.45, 2.75) is 19.8 Å². The van der Waals surface area contributed by atoms with E-state index in [1.807, 2.05) is 18.2 Å². The number of rotatable bonds is 4. The zero-order valence-corrected chi connectivity index (χ0v) is 10.1. The zero-order chi connectivity index (χ0) is 11.5. The van der Waals surface area contributed by atoms with Crippen LogP contribution in [0.1, 0.15) is 19.2 Å². The van der Waals surface area contributed by atoms with Crippen molar-refractivity contribution in [3.05, 3.63) is 29.0 Å². The number of nitrogens with one attached hydrogen (secondary N) is 1. The van der Waals surface area contributed by atoms with Gasteiger partial charge in [-0.25, -0.2) is 4.98 Å². The van der Waals surface area contributed by atoms with Crippen molar-refractivity contribution in [2.24, 2.45) is 11.7 Å². The normalized spacial score (nSPS) is 13.2. The molecule has 0 aliphatic rings. The lowest BCUT2D eigenvalue weighted by atomic mass is 10.0. The SMILES string of the molecule is CCC(CN)Cc1nc2ccc(Cl)cc2[nH]1. The van der Waals surface area contributed by atoms with Crippen molar-refractivity contribution in [3.63, 3.8) is 0 Å². The lowest BCUT2D eigenvalue weighted by molar-refractivity contribution is 0.508. The molecule has 1 unspecified atom stereocenters. The first-order chi connectivity index (χ1) is 7.72. The number of aromatic amines is 1. The van der Waals surface area contributed by atoms with Crippen LogP contribution in [0, 0.1) is 5.92 Å². The second-order valence-electron chi connectivity index (χ2n) is 4.06. The zero-order valence-electron chi connectivity index (χ0n) is 9.33. The first-order valence-electron chi connectivity index (χ1n) is 5.57. The molecule has 0 fully saturated rings. The highest BCUT2D eigenvalue weighted by atomic mass is 35.5. The number of nitrogens with two attached hydrogens (primary N) is 1. The van der Waals surface area contributed by atoms with E-state index in [9.17, 15) is 0 Å². The molecule has 1 aromatic heterocycles. The summed E-state index contributed by atoms with van der Waals surface area (Å²) in [5, 5.41) is 0.730. The fourth-order valence-electron chi connectivity index (χ4n) is 1.80. The minimum atomic E-state index is 0.496. The predicted octanol–water partition coefficient (Wildman–Crippen LogP) is 2.74. The Morgan fingerprint density at radius 2 is 2.31 bits per heavy atom. The monoisotopic (exact) mass is 237 g/mol. The van der Waals surface area contributed by atoms with Crippen molar-refractivity contribution in [3.8, 4) is 0 Å². The molecule has 0 radical (unpaired) electrons. The highest BCUT2D eigenvalue weighted by Gasteiger charge is 2.09. The summed E-state index contributed by atoms with van der Waals surface area (Å²) in [4.78, 5) is 7.80. The summed E-state index contributed by atoms with van der Waals surface area (Å²) in [6.07, 6.45) is 1.98. The molecule has 0 aliphatic carbocycles. The molecule has 0 aliphatic heterocycles. The van der Waals surface area contributed by atoms with Gasteiger partial charge >= 0.3 is 0 Å². The topological polar surface area (TPSA) is 54.7 Å². The molecule has 0 bridgehead atoms. The molecule has 3 N–H and O–H groups in total. The third-order valence-electron chi connectivity index (χ3n) is 2.89. The molecule has 2 rings (SSSR count). The van der Waals surface area contributed by atoms with E-state index in [1.54, 1.807) is 0 Å². The van der Waals surface area contributed by atoms with Crippen LogP contribution in [0.2, 0.25) is 5.02 Å². The second kappa shape index (κ2) is 4.85. The van der Waals surface area contributed by atoms with Crippen molar-refractivity contribution < 1.29 is 0 Å². The van der Waals surface area contributed by atoms with Crippen LogP contribution in [0.25, 0.3) is 11.0 Å². The van der Waals surface area contributed by atoms with Crippen LogP contribution in [-0.2, 0) is 6.42 Å². The molecule has 1 atom stereocenters. The van der Waals surface area contributed by atoms with E-state index in [0.29, 0.717) is 12.5 Å². The van der Waals surface area contributed by atoms with Crippen LogP contribution in [0.3, 0.4) is 0 Å². The predicted molar refractivity (Wildman–Crippen MR) is 67.6 cm³/mol. The summed E-state index contributed by atoms with van der Waals surface area (Å²) in [7, 11) is 0. The van der Waals surface area contributed by atoms with Crippen LogP contribution in [-0.4, -0.2) is 16.5 Å². The molecule has 0 spiro atoms. The standard InChI is InChI=1S/C12H16ClN3/c1-2-8(7-14)5-12-15-10-4-3-9(13)6-11(10)16-12/h3-4,6,8H,2,5,7,14H2,1H3,(H,15,16). The Hall–Kier alpha value is -1.06. The van der Waals surface area contributed by atoms with Gasteiger partial charge in [0.25, 0.3) is 0 Å². The summed E-state index contributed by atoms with van der Waals surface area (Å²) in [6.45, 7) is 2.85. The number of aromatic nitrogens is 2. The number of hydrogen-bond donors (Lipinski definition) is 2. The molecule has 0 amide bonds. The van der Waals surface area contributed by atoms with E-state index in [-0.39, 0.29) is 0 Å². The first-order valence-corrected chi connectivity index (χ1v) is 5.95. The van der Waals surface area contributed by atoms with Gasteiger partial charge in [-0.05, 0) is 30.7 Å². The largest absolute Gasteiger partial charge is 0.342 e. The lowest BCUT2D eigenvalue weighted by Gasteiger charge is -2.08. The number of imidazole rings is 1. The van der Waals surface area contributed by atoms with Gasteiger partial charge in [0.2, 0.25) is 0 Å². The number of halogens is 1. The Morgan fingerprint density at radius 1 is 1.50 bits per heavy atom. The Bertz CT molecular complexity index is 474. The van der Waals surface area contributed by atoms with Gasteiger partial charge in [0, 0.05) is 11.4 Å². The van der Waals surface area contributed by atoms with E-state index in [1.165, 1.54) is 0 Å². The highest BCUT2D eigenvalue weighted by Crippen LogP contribution is 2.18. The van der Waals surface area contributed by atoms with Gasteiger partial charge in [0.1, 0.15) is 5.82 Å². The highest BCUT2D eigenvalue weighted by molar-refractivity contribution is 6.31. The molecule has 86 valence electrons. The molecule has 3 nitrogen and oxygen atoms in total. The molecule has 1 heterocycles. The summed E-state index contributed by atoms with van der Waals surface area (Å²) >= 11 is 5.92. The molecule has 1 aromatic carbocycles. The first kappa shape index (κ1) is 11.4. The van der Waals surface area contributed by atoms with E-state index < -0.39 is 0 Å². The quantitative estimate of drug-likeness (QED) is 0.859. The minimum absolute atomic E-state index is 0.496. The molecular formula is C12H16ClN3. The van der Waals surface area contributed by atoms with Crippen LogP contribution >= 0.6 is 11.6 Å². The summed E-state index contributed by atoms with van der Waals surface area (Å²) < 4.78 is 0. The van der Waals surface area contributed by atoms with Gasteiger partial charge < -0.3 is 10.7 Å². The fraction of sp³-hybridized carbons (Fsp3) is 0.417. The van der Waals surface area contributed by atoms with Gasteiger partial charge in [-0.2, -0.15) is 0 Å². The number of nitrogens with zero attached hydrogens (tertiary/aromatic N) is 1. The maximum Gasteiger partial charge on any atom is 0.107 e. The molecule has 0 saturated heterocycles. The van der Waals surface area contributed by atoms with Gasteiger partial charge in [-0.3, -0.25) is 0 Å². The summed E-state index contributed by atoms with van der Waals surface area (Å²) in [5.41, 5.74) is 7.65. The molecule has 0 saturated carbocycles. The van der Waals surface area contributed by atoms with Crippen LogP contribution < -0.4 is 5.73 Å². The Morgan fingerprint density at radius 3 is 3.00 bits per heavy atom. The minimum Gasteiger partial charge on any atom is -0.342 e. The second-order valence-corrected chi connectivity index (χ2v) is 4.50. The fourth-order valence-corrected chi connectivity index (χ4v) is 1.97. The average Bonchev–Trinajstić information content (AvgIpc) is 2.67. The Balaban J connectivity index is 2.25. The third kappa shape index (κ3) is 2.36. The average molecular weight is 238 g/mol. The van der Waals surface area contributed by atoms with Crippen molar-refractivity contribution in [1.29, 1.82) is 0 Å². The molecule has 2 aromatic rings. The van der Waals surface area contributed by atoms with Gasteiger partial charge in [0.15, 0.2) is 0 Å². The van der Waals surface area contributed by atoms with Gasteiger partial charge in [-0.15, -0.1) is 0 Å². The van der Waals surface area contributed by atoms with Gasteiger partial charge in [-0.1, -0.05) is 24.9 Å². The Kier molecular flexibility index (Phi) is 3.46. The Labute approximate surface area is 100 Å². The van der Waals surface area contributed by atoms with Crippen molar-refractivity contribution in [2.75, 3.05) is 6.54 Å². The number of fused-ring (bicyclic) bond motifs is 1. The summed E-state index contributed by atoms with van der Waals surface area (Å²) in [5.74, 6) is 1.49. The van der Waals surface area contributed by atoms with Crippen LogP contribution in [0.4, 0.5) is 0 Å². The van der Waals surface area contributed by atoms with Crippen LogP contribution in [0.15, 0.2) is 18.2 Å². The smallest absolute Gasteiger partial charge is 0.107 e. The summed E-state index contributed by atoms with van der Waals surface area (Å²) in [6, 6.07) is 5.69. The van der Waals surface area contributed by atoms with E-state index in [2.05, 4.69) is 16.9 Å². The maximum atomic E-state index is 5.92. The molecular weight excluding hydrogens is 222 g/mol. The number of H-pyrrole nitrogens is 1. The maximum absolute atomic E-state index is 5.92.